The molecule has 1 aromatic rings. The number of ether oxygens (including phenoxy) is 2. The molecule has 1 saturated heterocycles. The topological polar surface area (TPSA) is 96.7 Å². The summed E-state index contributed by atoms with van der Waals surface area (Å²) < 4.78 is 34.7. The first-order valence-electron chi connectivity index (χ1n) is 9.16. The zero-order valence-electron chi connectivity index (χ0n) is 15.4. The number of carbonyl (C=O) groups excluding carboxylic acids is 1. The molecule has 8 heteroatoms. The average molecular weight is 392 g/mol. The molecule has 1 aliphatic heterocycles. The Hall–Kier alpha value is -2.27. The van der Waals surface area contributed by atoms with Gasteiger partial charge in [-0.15, -0.1) is 0 Å². The quantitative estimate of drug-likeness (QED) is 0.734. The van der Waals surface area contributed by atoms with Crippen molar-refractivity contribution >= 4 is 15.7 Å². The average Bonchev–Trinajstić information content (AvgIpc) is 3.30. The van der Waals surface area contributed by atoms with Crippen molar-refractivity contribution in [3.05, 3.63) is 23.8 Å². The van der Waals surface area contributed by atoms with Crippen LogP contribution in [0.5, 0.6) is 11.5 Å². The van der Waals surface area contributed by atoms with Crippen molar-refractivity contribution in [2.75, 3.05) is 25.2 Å². The maximum absolute atomic E-state index is 12.9. The fraction of sp³-hybridized carbons (Fsp3) is 0.579. The Morgan fingerprint density at radius 1 is 1.22 bits per heavy atom. The van der Waals surface area contributed by atoms with Crippen molar-refractivity contribution < 1.29 is 22.7 Å². The third-order valence-corrected chi connectivity index (χ3v) is 7.00. The van der Waals surface area contributed by atoms with Gasteiger partial charge in [0.1, 0.15) is 0 Å². The predicted molar refractivity (Wildman–Crippen MR) is 99.4 cm³/mol. The number of hydrogen-bond acceptors (Lipinski definition) is 6. The van der Waals surface area contributed by atoms with Gasteiger partial charge in [-0.3, -0.25) is 4.79 Å². The van der Waals surface area contributed by atoms with Gasteiger partial charge in [-0.1, -0.05) is 12.8 Å². The lowest BCUT2D eigenvalue weighted by molar-refractivity contribution is -0.137. The van der Waals surface area contributed by atoms with Crippen molar-refractivity contribution in [3.63, 3.8) is 0 Å². The molecule has 2 fully saturated rings. The predicted octanol–water partition coefficient (Wildman–Crippen LogP) is 1.90. The molecule has 146 valence electrons. The van der Waals surface area contributed by atoms with Crippen LogP contribution in [0, 0.1) is 11.3 Å². The van der Waals surface area contributed by atoms with Gasteiger partial charge < -0.3 is 14.4 Å². The van der Waals surface area contributed by atoms with E-state index in [2.05, 4.69) is 0 Å². The largest absolute Gasteiger partial charge is 0.493 e. The number of rotatable bonds is 6. The molecule has 0 spiro atoms. The van der Waals surface area contributed by atoms with E-state index in [-0.39, 0.29) is 36.1 Å². The highest BCUT2D eigenvalue weighted by Gasteiger charge is 2.39. The van der Waals surface area contributed by atoms with E-state index in [1.807, 2.05) is 6.07 Å². The number of hydrogen-bond donors (Lipinski definition) is 0. The Labute approximate surface area is 159 Å². The van der Waals surface area contributed by atoms with Gasteiger partial charge >= 0.3 is 0 Å². The van der Waals surface area contributed by atoms with Gasteiger partial charge in [-0.2, -0.15) is 5.26 Å². The van der Waals surface area contributed by atoms with Crippen LogP contribution in [0.3, 0.4) is 0 Å². The number of nitrogens with zero attached hydrogens (tertiary/aromatic N) is 2. The molecular formula is C19H24N2O5S. The van der Waals surface area contributed by atoms with Gasteiger partial charge in [0.05, 0.1) is 30.2 Å². The van der Waals surface area contributed by atoms with E-state index >= 15 is 0 Å². The summed E-state index contributed by atoms with van der Waals surface area (Å²) in [5, 5.41) is 8.97. The highest BCUT2D eigenvalue weighted by atomic mass is 32.2. The normalized spacial score (nSPS) is 21.6. The maximum atomic E-state index is 12.9. The van der Waals surface area contributed by atoms with Crippen molar-refractivity contribution in [2.24, 2.45) is 0 Å². The molecule has 0 unspecified atom stereocenters. The van der Waals surface area contributed by atoms with E-state index in [4.69, 9.17) is 14.7 Å². The molecule has 1 saturated carbocycles. The minimum absolute atomic E-state index is 0.0371. The van der Waals surface area contributed by atoms with E-state index in [0.717, 1.165) is 25.7 Å². The zero-order chi connectivity index (χ0) is 19.4. The molecule has 0 radical (unpaired) electrons. The van der Waals surface area contributed by atoms with Gasteiger partial charge in [-0.25, -0.2) is 8.42 Å². The maximum Gasteiger partial charge on any atom is 0.261 e. The summed E-state index contributed by atoms with van der Waals surface area (Å²) >= 11 is 0. The molecule has 3 rings (SSSR count). The van der Waals surface area contributed by atoms with Crippen LogP contribution >= 0.6 is 0 Å². The standard InChI is InChI=1S/C19H24N2O5S/c1-25-18-10-14(11-20)6-7-17(18)26-12-19(22)21(15-4-2-3-5-15)16-8-9-27(23,24)13-16/h6-7,10,15-16H,2-5,8-9,12-13H2,1H3/t16-/m1/s1. The second kappa shape index (κ2) is 8.17. The van der Waals surface area contributed by atoms with Gasteiger partial charge in [-0.05, 0) is 31.4 Å². The minimum Gasteiger partial charge on any atom is -0.493 e. The lowest BCUT2D eigenvalue weighted by Crippen LogP contribution is -2.48. The van der Waals surface area contributed by atoms with Crippen molar-refractivity contribution in [3.8, 4) is 17.6 Å². The molecule has 27 heavy (non-hydrogen) atoms. The van der Waals surface area contributed by atoms with E-state index in [1.165, 1.54) is 7.11 Å². The number of benzene rings is 1. The van der Waals surface area contributed by atoms with E-state index in [1.54, 1.807) is 23.1 Å². The van der Waals surface area contributed by atoms with Gasteiger partial charge in [0.2, 0.25) is 0 Å². The Balaban J connectivity index is 1.72. The van der Waals surface area contributed by atoms with Crippen molar-refractivity contribution in [2.45, 2.75) is 44.2 Å². The fourth-order valence-electron chi connectivity index (χ4n) is 3.95. The lowest BCUT2D eigenvalue weighted by atomic mass is 10.1. The fourth-order valence-corrected chi connectivity index (χ4v) is 5.66. The Bertz CT molecular complexity index is 840. The number of amides is 1. The molecule has 0 N–H and O–H groups in total. The Morgan fingerprint density at radius 2 is 1.96 bits per heavy atom. The van der Waals surface area contributed by atoms with Crippen LogP contribution in [-0.2, 0) is 14.6 Å². The molecule has 0 aromatic heterocycles. The van der Waals surface area contributed by atoms with Crippen LogP contribution in [0.25, 0.3) is 0 Å². The van der Waals surface area contributed by atoms with E-state index in [9.17, 15) is 13.2 Å². The van der Waals surface area contributed by atoms with Gasteiger partial charge in [0.15, 0.2) is 27.9 Å². The summed E-state index contributed by atoms with van der Waals surface area (Å²) in [5.74, 6) is 0.747. The first-order chi connectivity index (χ1) is 12.9. The summed E-state index contributed by atoms with van der Waals surface area (Å²) in [5.41, 5.74) is 0.439. The van der Waals surface area contributed by atoms with Crippen molar-refractivity contribution in [1.29, 1.82) is 5.26 Å². The molecule has 7 nitrogen and oxygen atoms in total. The Kier molecular flexibility index (Phi) is 5.90. The Morgan fingerprint density at radius 3 is 2.56 bits per heavy atom. The highest BCUT2D eigenvalue weighted by Crippen LogP contribution is 2.31. The number of sulfone groups is 1. The van der Waals surface area contributed by atoms with Crippen LogP contribution in [0.15, 0.2) is 18.2 Å². The van der Waals surface area contributed by atoms with Crippen LogP contribution < -0.4 is 9.47 Å². The summed E-state index contributed by atoms with van der Waals surface area (Å²) in [4.78, 5) is 14.7. The molecular weight excluding hydrogens is 368 g/mol. The van der Waals surface area contributed by atoms with E-state index in [0.29, 0.717) is 23.5 Å². The van der Waals surface area contributed by atoms with Crippen LogP contribution in [0.2, 0.25) is 0 Å². The summed E-state index contributed by atoms with van der Waals surface area (Å²) in [6.45, 7) is -0.185. The summed E-state index contributed by atoms with van der Waals surface area (Å²) in [6.07, 6.45) is 4.41. The van der Waals surface area contributed by atoms with Gasteiger partial charge in [0.25, 0.3) is 5.91 Å². The summed E-state index contributed by atoms with van der Waals surface area (Å²) in [6, 6.07) is 6.60. The van der Waals surface area contributed by atoms with E-state index < -0.39 is 9.84 Å². The second-order valence-electron chi connectivity index (χ2n) is 7.06. The third kappa shape index (κ3) is 4.53. The van der Waals surface area contributed by atoms with Crippen molar-refractivity contribution in [1.82, 2.24) is 4.90 Å². The van der Waals surface area contributed by atoms with Crippen LogP contribution in [-0.4, -0.2) is 56.5 Å². The summed E-state index contributed by atoms with van der Waals surface area (Å²) in [7, 11) is -1.60. The first kappa shape index (κ1) is 19.5. The highest BCUT2D eigenvalue weighted by molar-refractivity contribution is 7.91. The van der Waals surface area contributed by atoms with Gasteiger partial charge in [0, 0.05) is 18.2 Å². The molecule has 0 bridgehead atoms. The van der Waals surface area contributed by atoms with Crippen LogP contribution in [0.4, 0.5) is 0 Å². The van der Waals surface area contributed by atoms with Crippen LogP contribution in [0.1, 0.15) is 37.7 Å². The second-order valence-corrected chi connectivity index (χ2v) is 9.29. The first-order valence-corrected chi connectivity index (χ1v) is 11.0. The zero-order valence-corrected chi connectivity index (χ0v) is 16.2. The minimum atomic E-state index is -3.07. The number of methoxy groups -OCH3 is 1. The molecule has 1 aliphatic carbocycles. The number of nitriles is 1. The molecule has 1 aromatic carbocycles. The molecule has 1 amide bonds. The third-order valence-electron chi connectivity index (χ3n) is 5.25. The SMILES string of the molecule is COc1cc(C#N)ccc1OCC(=O)N(C1CCCC1)[C@@H]1CCS(=O)(=O)C1. The monoisotopic (exact) mass is 392 g/mol. The molecule has 1 heterocycles. The number of carbonyl (C=O) groups is 1. The molecule has 2 aliphatic rings. The smallest absolute Gasteiger partial charge is 0.261 e. The molecule has 1 atom stereocenters. The lowest BCUT2D eigenvalue weighted by Gasteiger charge is -2.34.